The van der Waals surface area contributed by atoms with Crippen LogP contribution in [0.25, 0.3) is 11.3 Å². The van der Waals surface area contributed by atoms with E-state index >= 15 is 0 Å². The van der Waals surface area contributed by atoms with Crippen LogP contribution >= 0.6 is 34.4 Å². The number of nitrogens with zero attached hydrogens (tertiary/aromatic N) is 3. The number of thioether (sulfide) groups is 1. The lowest BCUT2D eigenvalue weighted by molar-refractivity contribution is -0.113. The summed E-state index contributed by atoms with van der Waals surface area (Å²) in [7, 11) is 0. The molecule has 0 aliphatic rings. The summed E-state index contributed by atoms with van der Waals surface area (Å²) in [6, 6.07) is 14.1. The van der Waals surface area contributed by atoms with Crippen LogP contribution in [0, 0.1) is 12.7 Å². The maximum Gasteiger partial charge on any atom is 0.236 e. The van der Waals surface area contributed by atoms with E-state index in [1.807, 2.05) is 36.6 Å². The lowest BCUT2D eigenvalue weighted by atomic mass is 10.2. The molecule has 0 fully saturated rings. The molecule has 0 aliphatic carbocycles. The number of hydrogen-bond acceptors (Lipinski definition) is 8. The topological polar surface area (TPSA) is 79.8 Å². The van der Waals surface area contributed by atoms with Crippen LogP contribution < -0.4 is 10.6 Å². The zero-order valence-corrected chi connectivity index (χ0v) is 18.2. The standard InChI is InChI=1S/C20H16FN5OS3/c1-12-2-8-15(9-3-12)22-19-25-26-20(30-19)29-11-17(27)24-18-23-16(10-28-18)13-4-6-14(21)7-5-13/h2-10H,11H2,1H3,(H,22,25)(H,23,24,27). The lowest BCUT2D eigenvalue weighted by Gasteiger charge is -2.01. The molecule has 0 radical (unpaired) electrons. The van der Waals surface area contributed by atoms with Crippen molar-refractivity contribution in [3.8, 4) is 11.3 Å². The fraction of sp³-hybridized carbons (Fsp3) is 0.100. The Morgan fingerprint density at radius 1 is 1.07 bits per heavy atom. The van der Waals surface area contributed by atoms with Gasteiger partial charge in [0.1, 0.15) is 5.82 Å². The Balaban J connectivity index is 1.28. The Bertz CT molecular complexity index is 1140. The van der Waals surface area contributed by atoms with Gasteiger partial charge < -0.3 is 10.6 Å². The van der Waals surface area contributed by atoms with Crippen molar-refractivity contribution in [3.63, 3.8) is 0 Å². The molecule has 2 aromatic carbocycles. The number of hydrogen-bond donors (Lipinski definition) is 2. The van der Waals surface area contributed by atoms with Crippen molar-refractivity contribution in [2.45, 2.75) is 11.3 Å². The van der Waals surface area contributed by atoms with Gasteiger partial charge in [-0.2, -0.15) is 0 Å². The maximum atomic E-state index is 13.0. The third-order valence-corrected chi connectivity index (χ3v) is 6.66. The smallest absolute Gasteiger partial charge is 0.236 e. The second-order valence-corrected chi connectivity index (χ2v) is 9.30. The van der Waals surface area contributed by atoms with Crippen LogP contribution in [0.15, 0.2) is 58.3 Å². The molecule has 4 rings (SSSR count). The molecule has 6 nitrogen and oxygen atoms in total. The Labute approximate surface area is 184 Å². The monoisotopic (exact) mass is 457 g/mol. The fourth-order valence-corrected chi connectivity index (χ4v) is 4.75. The zero-order chi connectivity index (χ0) is 20.9. The minimum atomic E-state index is -0.298. The van der Waals surface area contributed by atoms with Gasteiger partial charge in [-0.25, -0.2) is 9.37 Å². The van der Waals surface area contributed by atoms with Gasteiger partial charge in [-0.05, 0) is 43.3 Å². The van der Waals surface area contributed by atoms with Crippen LogP contribution in [0.5, 0.6) is 0 Å². The molecule has 4 aromatic rings. The normalized spacial score (nSPS) is 10.7. The Hall–Kier alpha value is -2.82. The fourth-order valence-electron chi connectivity index (χ4n) is 2.45. The third-order valence-electron chi connectivity index (χ3n) is 3.93. The number of rotatable bonds is 7. The van der Waals surface area contributed by atoms with E-state index in [0.29, 0.717) is 20.3 Å². The van der Waals surface area contributed by atoms with Gasteiger partial charge in [-0.15, -0.1) is 21.5 Å². The minimum absolute atomic E-state index is 0.178. The van der Waals surface area contributed by atoms with Gasteiger partial charge in [0.25, 0.3) is 0 Å². The predicted octanol–water partition coefficient (Wildman–Crippen LogP) is 5.58. The molecular weight excluding hydrogens is 441 g/mol. The number of carbonyl (C=O) groups is 1. The SMILES string of the molecule is Cc1ccc(Nc2nnc(SCC(=O)Nc3nc(-c4ccc(F)cc4)cs3)s2)cc1. The van der Waals surface area contributed by atoms with Gasteiger partial charge in [0.15, 0.2) is 9.47 Å². The first-order chi connectivity index (χ1) is 14.5. The van der Waals surface area contributed by atoms with Crippen molar-refractivity contribution in [3.05, 3.63) is 65.3 Å². The number of anilines is 3. The molecule has 0 aliphatic heterocycles. The Morgan fingerprint density at radius 2 is 1.83 bits per heavy atom. The van der Waals surface area contributed by atoms with E-state index in [9.17, 15) is 9.18 Å². The number of nitrogens with one attached hydrogen (secondary N) is 2. The summed E-state index contributed by atoms with van der Waals surface area (Å²) >= 11 is 4.03. The molecule has 0 unspecified atom stereocenters. The molecule has 0 atom stereocenters. The summed E-state index contributed by atoms with van der Waals surface area (Å²) in [6.45, 7) is 2.03. The molecule has 2 N–H and O–H groups in total. The van der Waals surface area contributed by atoms with Gasteiger partial charge in [0.2, 0.25) is 11.0 Å². The lowest BCUT2D eigenvalue weighted by Crippen LogP contribution is -2.13. The van der Waals surface area contributed by atoms with Gasteiger partial charge in [0.05, 0.1) is 11.4 Å². The minimum Gasteiger partial charge on any atom is -0.330 e. The molecule has 0 saturated heterocycles. The van der Waals surface area contributed by atoms with Crippen molar-refractivity contribution in [2.24, 2.45) is 0 Å². The first-order valence-electron chi connectivity index (χ1n) is 8.86. The molecule has 152 valence electrons. The molecule has 0 spiro atoms. The second kappa shape index (κ2) is 9.33. The highest BCUT2D eigenvalue weighted by molar-refractivity contribution is 8.01. The highest BCUT2D eigenvalue weighted by Gasteiger charge is 2.11. The Morgan fingerprint density at radius 3 is 2.60 bits per heavy atom. The Kier molecular flexibility index (Phi) is 6.36. The number of amides is 1. The average Bonchev–Trinajstić information content (AvgIpc) is 3.38. The van der Waals surface area contributed by atoms with Crippen molar-refractivity contribution >= 4 is 56.3 Å². The third kappa shape index (κ3) is 5.41. The molecular formula is C20H16FN5OS3. The quantitative estimate of drug-likeness (QED) is 0.353. The molecule has 2 heterocycles. The summed E-state index contributed by atoms with van der Waals surface area (Å²) < 4.78 is 13.7. The first-order valence-corrected chi connectivity index (χ1v) is 11.5. The first kappa shape index (κ1) is 20.5. The summed E-state index contributed by atoms with van der Waals surface area (Å²) in [6.07, 6.45) is 0. The molecule has 0 saturated carbocycles. The molecule has 10 heteroatoms. The van der Waals surface area contributed by atoms with Crippen molar-refractivity contribution in [1.29, 1.82) is 0 Å². The summed E-state index contributed by atoms with van der Waals surface area (Å²) in [5.41, 5.74) is 3.61. The zero-order valence-electron chi connectivity index (χ0n) is 15.8. The number of thiazole rings is 1. The van der Waals surface area contributed by atoms with Crippen LogP contribution in [0.2, 0.25) is 0 Å². The summed E-state index contributed by atoms with van der Waals surface area (Å²) in [5.74, 6) is -0.276. The van der Waals surface area contributed by atoms with Crippen LogP contribution in [0.1, 0.15) is 5.56 Å². The van der Waals surface area contributed by atoms with Gasteiger partial charge in [0, 0.05) is 16.6 Å². The number of carbonyl (C=O) groups excluding carboxylic acids is 1. The van der Waals surface area contributed by atoms with Crippen molar-refractivity contribution in [1.82, 2.24) is 15.2 Å². The summed E-state index contributed by atoms with van der Waals surface area (Å²) in [4.78, 5) is 16.6. The number of aromatic nitrogens is 3. The van der Waals surface area contributed by atoms with Gasteiger partial charge in [-0.1, -0.05) is 40.8 Å². The van der Waals surface area contributed by atoms with Gasteiger partial charge >= 0.3 is 0 Å². The van der Waals surface area contributed by atoms with E-state index in [1.165, 1.54) is 52.1 Å². The highest BCUT2D eigenvalue weighted by atomic mass is 32.2. The maximum absolute atomic E-state index is 13.0. The number of benzene rings is 2. The average molecular weight is 458 g/mol. The molecule has 0 bridgehead atoms. The molecule has 1 amide bonds. The van der Waals surface area contributed by atoms with E-state index in [4.69, 9.17) is 0 Å². The predicted molar refractivity (Wildman–Crippen MR) is 121 cm³/mol. The van der Waals surface area contributed by atoms with Crippen LogP contribution in [0.3, 0.4) is 0 Å². The van der Waals surface area contributed by atoms with Crippen LogP contribution in [-0.2, 0) is 4.79 Å². The molecule has 2 aromatic heterocycles. The molecule has 30 heavy (non-hydrogen) atoms. The van der Waals surface area contributed by atoms with E-state index < -0.39 is 0 Å². The second-order valence-electron chi connectivity index (χ2n) is 6.25. The van der Waals surface area contributed by atoms with Gasteiger partial charge in [-0.3, -0.25) is 4.79 Å². The van der Waals surface area contributed by atoms with E-state index in [0.717, 1.165) is 11.3 Å². The van der Waals surface area contributed by atoms with E-state index in [2.05, 4.69) is 25.8 Å². The van der Waals surface area contributed by atoms with Crippen LogP contribution in [-0.4, -0.2) is 26.8 Å². The van der Waals surface area contributed by atoms with E-state index in [-0.39, 0.29) is 17.5 Å². The number of aryl methyl sites for hydroxylation is 1. The highest BCUT2D eigenvalue weighted by Crippen LogP contribution is 2.29. The number of halogens is 1. The van der Waals surface area contributed by atoms with E-state index in [1.54, 1.807) is 12.1 Å². The largest absolute Gasteiger partial charge is 0.330 e. The van der Waals surface area contributed by atoms with Crippen LogP contribution in [0.4, 0.5) is 20.3 Å². The van der Waals surface area contributed by atoms with Crippen molar-refractivity contribution in [2.75, 3.05) is 16.4 Å². The van der Waals surface area contributed by atoms with Crippen molar-refractivity contribution < 1.29 is 9.18 Å². The summed E-state index contributed by atoms with van der Waals surface area (Å²) in [5, 5.41) is 17.2.